The lowest BCUT2D eigenvalue weighted by Gasteiger charge is -2.28. The van der Waals surface area contributed by atoms with Crippen molar-refractivity contribution < 1.29 is 24.2 Å². The van der Waals surface area contributed by atoms with E-state index in [9.17, 15) is 19.5 Å². The van der Waals surface area contributed by atoms with E-state index in [1.165, 1.54) is 11.9 Å². The number of nitrogens with zero attached hydrogens (tertiary/aromatic N) is 1. The Morgan fingerprint density at radius 1 is 1.25 bits per heavy atom. The largest absolute Gasteiger partial charge is 0.481 e. The number of esters is 1. The van der Waals surface area contributed by atoms with Crippen molar-refractivity contribution >= 4 is 17.8 Å². The minimum atomic E-state index is -0.940. The van der Waals surface area contributed by atoms with E-state index in [1.54, 1.807) is 6.92 Å². The van der Waals surface area contributed by atoms with Crippen LogP contribution in [0.2, 0.25) is 0 Å². The Hall–Kier alpha value is -1.85. The number of allylic oxidation sites excluding steroid dienone is 2. The molecule has 6 heteroatoms. The number of ether oxygens (including phenoxy) is 1. The first-order valence-electron chi connectivity index (χ1n) is 6.77. The number of carbonyl (C=O) groups is 3. The molecular weight excluding hydrogens is 262 g/mol. The summed E-state index contributed by atoms with van der Waals surface area (Å²) in [5.74, 6) is -3.05. The summed E-state index contributed by atoms with van der Waals surface area (Å²) >= 11 is 0. The Labute approximate surface area is 117 Å². The van der Waals surface area contributed by atoms with Crippen LogP contribution in [0.4, 0.5) is 0 Å². The highest BCUT2D eigenvalue weighted by Gasteiger charge is 2.52. The van der Waals surface area contributed by atoms with Crippen molar-refractivity contribution in [2.45, 2.75) is 13.3 Å². The molecule has 1 N–H and O–H groups in total. The SMILES string of the molecule is CCOC(=O)CN(C)C(=O)C1C2C=CC(C2)C1C(=O)O. The fourth-order valence-corrected chi connectivity index (χ4v) is 3.23. The number of likely N-dealkylation sites (N-methyl/N-ethyl adjacent to an activating group) is 1. The first kappa shape index (κ1) is 14.6. The van der Waals surface area contributed by atoms with Crippen molar-refractivity contribution in [3.05, 3.63) is 12.2 Å². The first-order valence-corrected chi connectivity index (χ1v) is 6.77. The van der Waals surface area contributed by atoms with Gasteiger partial charge in [-0.3, -0.25) is 14.4 Å². The molecule has 1 saturated carbocycles. The summed E-state index contributed by atoms with van der Waals surface area (Å²) < 4.78 is 4.80. The van der Waals surface area contributed by atoms with Crippen LogP contribution < -0.4 is 0 Å². The lowest BCUT2D eigenvalue weighted by atomic mass is 9.82. The molecular formula is C14H19NO5. The second-order valence-electron chi connectivity index (χ2n) is 5.34. The van der Waals surface area contributed by atoms with Crippen LogP contribution in [-0.4, -0.2) is 48.1 Å². The van der Waals surface area contributed by atoms with E-state index in [4.69, 9.17) is 4.74 Å². The summed E-state index contributed by atoms with van der Waals surface area (Å²) in [6.45, 7) is 1.81. The van der Waals surface area contributed by atoms with Crippen LogP contribution in [-0.2, 0) is 19.1 Å². The van der Waals surface area contributed by atoms with E-state index in [-0.39, 0.29) is 30.9 Å². The van der Waals surface area contributed by atoms with Crippen LogP contribution in [0, 0.1) is 23.7 Å². The number of rotatable bonds is 5. The third-order valence-electron chi connectivity index (χ3n) is 4.08. The van der Waals surface area contributed by atoms with Crippen LogP contribution >= 0.6 is 0 Å². The van der Waals surface area contributed by atoms with Gasteiger partial charge in [0.05, 0.1) is 18.4 Å². The lowest BCUT2D eigenvalue weighted by Crippen LogP contribution is -2.43. The van der Waals surface area contributed by atoms with Crippen LogP contribution in [0.1, 0.15) is 13.3 Å². The maximum Gasteiger partial charge on any atom is 0.325 e. The van der Waals surface area contributed by atoms with E-state index >= 15 is 0 Å². The molecule has 0 saturated heterocycles. The van der Waals surface area contributed by atoms with E-state index in [1.807, 2.05) is 12.2 Å². The van der Waals surface area contributed by atoms with Crippen LogP contribution in [0.15, 0.2) is 12.2 Å². The molecule has 1 fully saturated rings. The molecule has 0 aromatic rings. The number of aliphatic carboxylic acids is 1. The Kier molecular flexibility index (Phi) is 4.11. The third-order valence-corrected chi connectivity index (χ3v) is 4.08. The van der Waals surface area contributed by atoms with Gasteiger partial charge in [-0.1, -0.05) is 12.2 Å². The highest BCUT2D eigenvalue weighted by atomic mass is 16.5. The minimum absolute atomic E-state index is 0.0294. The van der Waals surface area contributed by atoms with Gasteiger partial charge in [-0.25, -0.2) is 0 Å². The Morgan fingerprint density at radius 3 is 2.40 bits per heavy atom. The second kappa shape index (κ2) is 5.64. The molecule has 0 heterocycles. The average molecular weight is 281 g/mol. The van der Waals surface area contributed by atoms with Crippen molar-refractivity contribution in [3.63, 3.8) is 0 Å². The molecule has 0 spiro atoms. The van der Waals surface area contributed by atoms with Gasteiger partial charge in [0.1, 0.15) is 6.54 Å². The molecule has 2 rings (SSSR count). The molecule has 0 aromatic heterocycles. The molecule has 2 aliphatic rings. The smallest absolute Gasteiger partial charge is 0.325 e. The van der Waals surface area contributed by atoms with Gasteiger partial charge in [-0.15, -0.1) is 0 Å². The summed E-state index contributed by atoms with van der Waals surface area (Å²) in [5.41, 5.74) is 0. The van der Waals surface area contributed by atoms with E-state index in [2.05, 4.69) is 0 Å². The number of fused-ring (bicyclic) bond motifs is 2. The van der Waals surface area contributed by atoms with Gasteiger partial charge in [-0.2, -0.15) is 0 Å². The first-order chi connectivity index (χ1) is 9.45. The Bertz CT molecular complexity index is 458. The molecule has 0 aromatic carbocycles. The Morgan fingerprint density at radius 2 is 1.85 bits per heavy atom. The zero-order valence-corrected chi connectivity index (χ0v) is 11.6. The van der Waals surface area contributed by atoms with Crippen molar-refractivity contribution in [3.8, 4) is 0 Å². The molecule has 6 nitrogen and oxygen atoms in total. The normalized spacial score (nSPS) is 30.3. The summed E-state index contributed by atoms with van der Waals surface area (Å²) in [7, 11) is 1.51. The maximum absolute atomic E-state index is 12.4. The highest BCUT2D eigenvalue weighted by molar-refractivity contribution is 5.88. The number of carbonyl (C=O) groups excluding carboxylic acids is 2. The molecule has 110 valence electrons. The van der Waals surface area contributed by atoms with E-state index in [0.717, 1.165) is 0 Å². The fourth-order valence-electron chi connectivity index (χ4n) is 3.23. The lowest BCUT2D eigenvalue weighted by molar-refractivity contribution is -0.153. The number of carboxylic acids is 1. The van der Waals surface area contributed by atoms with Gasteiger partial charge in [-0.05, 0) is 25.2 Å². The van der Waals surface area contributed by atoms with E-state index < -0.39 is 23.8 Å². The number of hydrogen-bond donors (Lipinski definition) is 1. The molecule has 4 atom stereocenters. The van der Waals surface area contributed by atoms with Gasteiger partial charge in [0, 0.05) is 7.05 Å². The van der Waals surface area contributed by atoms with Crippen molar-refractivity contribution in [1.82, 2.24) is 4.90 Å². The second-order valence-corrected chi connectivity index (χ2v) is 5.34. The molecule has 2 bridgehead atoms. The van der Waals surface area contributed by atoms with Crippen molar-refractivity contribution in [2.75, 3.05) is 20.2 Å². The van der Waals surface area contributed by atoms with Gasteiger partial charge in [0.25, 0.3) is 0 Å². The zero-order chi connectivity index (χ0) is 14.9. The molecule has 0 aliphatic heterocycles. The predicted molar refractivity (Wildman–Crippen MR) is 69.6 cm³/mol. The Balaban J connectivity index is 2.06. The van der Waals surface area contributed by atoms with Crippen LogP contribution in [0.25, 0.3) is 0 Å². The molecule has 4 unspecified atom stereocenters. The van der Waals surface area contributed by atoms with Crippen molar-refractivity contribution in [1.29, 1.82) is 0 Å². The van der Waals surface area contributed by atoms with Crippen molar-refractivity contribution in [2.24, 2.45) is 23.7 Å². The number of hydrogen-bond acceptors (Lipinski definition) is 4. The summed E-state index contributed by atoms with van der Waals surface area (Å²) in [4.78, 5) is 36.4. The van der Waals surface area contributed by atoms with Gasteiger partial charge < -0.3 is 14.7 Å². The maximum atomic E-state index is 12.4. The van der Waals surface area contributed by atoms with Crippen LogP contribution in [0.5, 0.6) is 0 Å². The zero-order valence-electron chi connectivity index (χ0n) is 11.6. The molecule has 20 heavy (non-hydrogen) atoms. The monoisotopic (exact) mass is 281 g/mol. The van der Waals surface area contributed by atoms with Gasteiger partial charge in [0.2, 0.25) is 5.91 Å². The predicted octanol–water partition coefficient (Wildman–Crippen LogP) is 0.531. The number of carboxylic acid groups (broad SMARTS) is 1. The minimum Gasteiger partial charge on any atom is -0.481 e. The highest BCUT2D eigenvalue weighted by Crippen LogP contribution is 2.48. The summed E-state index contributed by atoms with van der Waals surface area (Å²) in [5, 5.41) is 9.31. The fraction of sp³-hybridized carbons (Fsp3) is 0.643. The third kappa shape index (κ3) is 2.55. The van der Waals surface area contributed by atoms with Crippen LogP contribution in [0.3, 0.4) is 0 Å². The van der Waals surface area contributed by atoms with E-state index in [0.29, 0.717) is 6.42 Å². The standard InChI is InChI=1S/C14H19NO5/c1-3-20-10(16)7-15(2)13(17)11-8-4-5-9(6-8)12(11)14(18)19/h4-5,8-9,11-12H,3,6-7H2,1-2H3,(H,18,19). The molecule has 1 amide bonds. The average Bonchev–Trinajstić information content (AvgIpc) is 2.97. The molecule has 0 radical (unpaired) electrons. The van der Waals surface area contributed by atoms with Gasteiger partial charge in [0.15, 0.2) is 0 Å². The summed E-state index contributed by atoms with van der Waals surface area (Å²) in [6, 6.07) is 0. The number of amides is 1. The van der Waals surface area contributed by atoms with Gasteiger partial charge >= 0.3 is 11.9 Å². The quantitative estimate of drug-likeness (QED) is 0.587. The summed E-state index contributed by atoms with van der Waals surface area (Å²) in [6.07, 6.45) is 4.52. The topological polar surface area (TPSA) is 83.9 Å². The molecule has 2 aliphatic carbocycles.